The molecule has 2 heterocycles. The van der Waals surface area contributed by atoms with Crippen LogP contribution in [-0.4, -0.2) is 34.5 Å². The summed E-state index contributed by atoms with van der Waals surface area (Å²) in [6.45, 7) is 1.47. The van der Waals surface area contributed by atoms with Gasteiger partial charge in [-0.15, -0.1) is 0 Å². The summed E-state index contributed by atoms with van der Waals surface area (Å²) in [4.78, 5) is 50.1. The second-order valence-electron chi connectivity index (χ2n) is 6.82. The van der Waals surface area contributed by atoms with Crippen molar-refractivity contribution in [2.75, 3.05) is 5.32 Å². The van der Waals surface area contributed by atoms with Crippen molar-refractivity contribution in [1.29, 1.82) is 0 Å². The minimum Gasteiger partial charge on any atom is -0.433 e. The molecule has 0 unspecified atom stereocenters. The Morgan fingerprint density at radius 1 is 1.07 bits per heavy atom. The van der Waals surface area contributed by atoms with E-state index >= 15 is 0 Å². The van der Waals surface area contributed by atoms with Gasteiger partial charge in [0.1, 0.15) is 6.04 Å². The fourth-order valence-corrected chi connectivity index (χ4v) is 3.60. The highest BCUT2D eigenvalue weighted by Gasteiger charge is 2.46. The van der Waals surface area contributed by atoms with Gasteiger partial charge in [-0.1, -0.05) is 18.2 Å². The predicted molar refractivity (Wildman–Crippen MR) is 99.5 cm³/mol. The summed E-state index contributed by atoms with van der Waals surface area (Å²) in [7, 11) is 0. The molecule has 2 aromatic carbocycles. The number of likely N-dealkylation sites (tertiary alicyclic amines) is 1. The van der Waals surface area contributed by atoms with Crippen LogP contribution >= 0.6 is 0 Å². The minimum atomic E-state index is -0.894. The number of nitrogens with one attached hydrogen (secondary N) is 1. The molecule has 0 radical (unpaired) electrons. The molecular weight excluding hydrogens is 360 g/mol. The zero-order valence-corrected chi connectivity index (χ0v) is 15.2. The molecule has 2 aliphatic rings. The third-order valence-electron chi connectivity index (χ3n) is 5.04. The van der Waals surface area contributed by atoms with Gasteiger partial charge in [-0.05, 0) is 43.7 Å². The maximum Gasteiger partial charge on any atom is 0.340 e. The van der Waals surface area contributed by atoms with Crippen LogP contribution in [0.25, 0.3) is 0 Å². The zero-order valence-electron chi connectivity index (χ0n) is 15.2. The maximum atomic E-state index is 12.8. The molecule has 1 fully saturated rings. The van der Waals surface area contributed by atoms with Crippen molar-refractivity contribution in [2.45, 2.75) is 32.0 Å². The fourth-order valence-electron chi connectivity index (χ4n) is 3.60. The van der Waals surface area contributed by atoms with Crippen LogP contribution < -0.4 is 5.32 Å². The Morgan fingerprint density at radius 2 is 1.79 bits per heavy atom. The van der Waals surface area contributed by atoms with Gasteiger partial charge in [-0.25, -0.2) is 4.79 Å². The smallest absolute Gasteiger partial charge is 0.340 e. The predicted octanol–water partition coefficient (Wildman–Crippen LogP) is 2.69. The zero-order chi connectivity index (χ0) is 19.8. The standard InChI is InChI=1S/C21H18N2O5/c1-12(24)13-6-8-14(9-7-13)22-19(26)17-10-11-18(25)23(17)20-15-4-2-3-5-16(15)21(27)28-20/h2-9,17,20H,10-11H2,1H3,(H,22,26)/t17-,20-/m1/s1. The molecule has 0 spiro atoms. The van der Waals surface area contributed by atoms with E-state index in [1.54, 1.807) is 48.5 Å². The van der Waals surface area contributed by atoms with Gasteiger partial charge in [-0.2, -0.15) is 0 Å². The van der Waals surface area contributed by atoms with Crippen LogP contribution in [0, 0.1) is 0 Å². The molecule has 142 valence electrons. The molecule has 0 bridgehead atoms. The number of benzene rings is 2. The molecule has 2 atom stereocenters. The van der Waals surface area contributed by atoms with Crippen LogP contribution in [0.2, 0.25) is 0 Å². The van der Waals surface area contributed by atoms with Crippen LogP contribution in [0.1, 0.15) is 52.3 Å². The average Bonchev–Trinajstić information content (AvgIpc) is 3.22. The number of esters is 1. The largest absolute Gasteiger partial charge is 0.433 e. The fraction of sp³-hybridized carbons (Fsp3) is 0.238. The number of ketones is 1. The number of cyclic esters (lactones) is 1. The highest BCUT2D eigenvalue weighted by molar-refractivity contribution is 6.01. The summed E-state index contributed by atoms with van der Waals surface area (Å²) in [5, 5.41) is 2.77. The van der Waals surface area contributed by atoms with E-state index in [1.165, 1.54) is 11.8 Å². The summed E-state index contributed by atoms with van der Waals surface area (Å²) in [6, 6.07) is 12.7. The Morgan fingerprint density at radius 3 is 2.50 bits per heavy atom. The highest BCUT2D eigenvalue weighted by Crippen LogP contribution is 2.38. The van der Waals surface area contributed by atoms with Crippen LogP contribution in [0.5, 0.6) is 0 Å². The molecule has 2 aliphatic heterocycles. The van der Waals surface area contributed by atoms with Crippen LogP contribution in [0.15, 0.2) is 48.5 Å². The lowest BCUT2D eigenvalue weighted by atomic mass is 10.1. The second-order valence-corrected chi connectivity index (χ2v) is 6.82. The molecule has 2 aromatic rings. The summed E-state index contributed by atoms with van der Waals surface area (Å²) < 4.78 is 5.41. The van der Waals surface area contributed by atoms with Crippen molar-refractivity contribution in [1.82, 2.24) is 4.90 Å². The molecule has 7 heteroatoms. The van der Waals surface area contributed by atoms with E-state index in [4.69, 9.17) is 4.74 Å². The topological polar surface area (TPSA) is 92.8 Å². The lowest BCUT2D eigenvalue weighted by Gasteiger charge is -2.29. The van der Waals surface area contributed by atoms with E-state index < -0.39 is 18.2 Å². The van der Waals surface area contributed by atoms with Gasteiger partial charge >= 0.3 is 5.97 Å². The van der Waals surface area contributed by atoms with Crippen molar-refractivity contribution in [3.8, 4) is 0 Å². The van der Waals surface area contributed by atoms with Gasteiger partial charge in [0.25, 0.3) is 0 Å². The van der Waals surface area contributed by atoms with E-state index in [-0.39, 0.29) is 24.0 Å². The average molecular weight is 378 g/mol. The Hall–Kier alpha value is -3.48. The number of hydrogen-bond donors (Lipinski definition) is 1. The number of carbonyl (C=O) groups is 4. The normalized spacial score (nSPS) is 20.7. The first-order valence-electron chi connectivity index (χ1n) is 8.98. The SMILES string of the molecule is CC(=O)c1ccc(NC(=O)[C@H]2CCC(=O)N2[C@@H]2OC(=O)c3ccccc32)cc1. The molecule has 0 aliphatic carbocycles. The molecule has 7 nitrogen and oxygen atoms in total. The number of rotatable bonds is 4. The van der Waals surface area contributed by atoms with Crippen molar-refractivity contribution in [3.63, 3.8) is 0 Å². The Bertz CT molecular complexity index is 983. The first kappa shape index (κ1) is 17.9. The van der Waals surface area contributed by atoms with E-state index in [0.717, 1.165) is 0 Å². The van der Waals surface area contributed by atoms with Crippen molar-refractivity contribution in [3.05, 3.63) is 65.2 Å². The summed E-state index contributed by atoms with van der Waals surface area (Å²) in [5.41, 5.74) is 2.07. The molecule has 0 aromatic heterocycles. The van der Waals surface area contributed by atoms with E-state index in [2.05, 4.69) is 5.32 Å². The number of amides is 2. The van der Waals surface area contributed by atoms with Crippen molar-refractivity contribution >= 4 is 29.3 Å². The number of Topliss-reactive ketones (excluding diaryl/α,β-unsaturated/α-hetero) is 1. The number of anilines is 1. The van der Waals surface area contributed by atoms with Gasteiger partial charge in [-0.3, -0.25) is 19.3 Å². The van der Waals surface area contributed by atoms with Crippen molar-refractivity contribution in [2.24, 2.45) is 0 Å². The highest BCUT2D eigenvalue weighted by atomic mass is 16.6. The van der Waals surface area contributed by atoms with Gasteiger partial charge in [0.05, 0.1) is 5.56 Å². The third kappa shape index (κ3) is 3.05. The van der Waals surface area contributed by atoms with Crippen LogP contribution in [-0.2, 0) is 14.3 Å². The van der Waals surface area contributed by atoms with Gasteiger partial charge in [0.15, 0.2) is 5.78 Å². The van der Waals surface area contributed by atoms with Gasteiger partial charge < -0.3 is 10.1 Å². The van der Waals surface area contributed by atoms with Gasteiger partial charge in [0.2, 0.25) is 18.0 Å². The first-order chi connectivity index (χ1) is 13.5. The minimum absolute atomic E-state index is 0.0628. The second kappa shape index (κ2) is 6.92. The van der Waals surface area contributed by atoms with E-state index in [9.17, 15) is 19.2 Å². The van der Waals surface area contributed by atoms with Crippen LogP contribution in [0.3, 0.4) is 0 Å². The Balaban J connectivity index is 1.56. The quantitative estimate of drug-likeness (QED) is 0.652. The number of nitrogens with zero attached hydrogens (tertiary/aromatic N) is 1. The van der Waals surface area contributed by atoms with Crippen molar-refractivity contribution < 1.29 is 23.9 Å². The Labute approximate surface area is 161 Å². The van der Waals surface area contributed by atoms with Crippen LogP contribution in [0.4, 0.5) is 5.69 Å². The number of fused-ring (bicyclic) bond motifs is 1. The molecule has 0 saturated carbocycles. The van der Waals surface area contributed by atoms with Gasteiger partial charge in [0, 0.05) is 23.2 Å². The van der Waals surface area contributed by atoms with E-state index in [1.807, 2.05) is 0 Å². The molecule has 28 heavy (non-hydrogen) atoms. The Kier molecular flexibility index (Phi) is 4.43. The number of ether oxygens (including phenoxy) is 1. The third-order valence-corrected chi connectivity index (χ3v) is 5.04. The maximum absolute atomic E-state index is 12.8. The lowest BCUT2D eigenvalue weighted by molar-refractivity contribution is -0.144. The molecule has 1 N–H and O–H groups in total. The summed E-state index contributed by atoms with van der Waals surface area (Å²) in [5.74, 6) is -1.16. The lowest BCUT2D eigenvalue weighted by Crippen LogP contribution is -2.43. The first-order valence-corrected chi connectivity index (χ1v) is 8.98. The molecule has 4 rings (SSSR count). The monoisotopic (exact) mass is 378 g/mol. The number of carbonyl (C=O) groups excluding carboxylic acids is 4. The summed E-state index contributed by atoms with van der Waals surface area (Å²) in [6.07, 6.45) is -0.348. The molecule has 1 saturated heterocycles. The molecular formula is C21H18N2O5. The molecule has 2 amide bonds. The summed E-state index contributed by atoms with van der Waals surface area (Å²) >= 11 is 0. The van der Waals surface area contributed by atoms with E-state index in [0.29, 0.717) is 28.8 Å². The number of hydrogen-bond acceptors (Lipinski definition) is 5.